The van der Waals surface area contributed by atoms with Crippen molar-refractivity contribution in [2.24, 2.45) is 0 Å². The van der Waals surface area contributed by atoms with Crippen molar-refractivity contribution in [3.63, 3.8) is 0 Å². The van der Waals surface area contributed by atoms with Gasteiger partial charge in [0.05, 0.1) is 24.1 Å². The van der Waals surface area contributed by atoms with Crippen molar-refractivity contribution >= 4 is 39.6 Å². The van der Waals surface area contributed by atoms with E-state index in [1.165, 1.54) is 21.1 Å². The van der Waals surface area contributed by atoms with E-state index in [0.717, 1.165) is 36.3 Å². The number of rotatable bonds is 7. The summed E-state index contributed by atoms with van der Waals surface area (Å²) >= 11 is 3.22. The van der Waals surface area contributed by atoms with Crippen molar-refractivity contribution in [1.82, 2.24) is 0 Å². The maximum absolute atomic E-state index is 12.4. The Morgan fingerprint density at radius 1 is 1.36 bits per heavy atom. The van der Waals surface area contributed by atoms with Gasteiger partial charge in [-0.3, -0.25) is 4.79 Å². The van der Waals surface area contributed by atoms with E-state index in [9.17, 15) is 9.59 Å². The van der Waals surface area contributed by atoms with Crippen molar-refractivity contribution in [3.8, 4) is 0 Å². The molecule has 25 heavy (non-hydrogen) atoms. The third kappa shape index (κ3) is 4.29. The van der Waals surface area contributed by atoms with E-state index in [1.54, 1.807) is 18.3 Å². The predicted molar refractivity (Wildman–Crippen MR) is 101 cm³/mol. The zero-order valence-electron chi connectivity index (χ0n) is 14.5. The van der Waals surface area contributed by atoms with Gasteiger partial charge in [0.15, 0.2) is 6.54 Å². The standard InChI is InChI=1S/C18H22N2O3S2/c1-3-23-18(22)16-13-7-4-8-14(13)25-17(16)19-15(21)11-20(2)10-12-6-5-9-24-12/h5-6,9H,3-4,7-8,10-11H2,1-2H3,(H,19,21)/p+1. The lowest BCUT2D eigenvalue weighted by molar-refractivity contribution is -0.884. The number of carbonyl (C=O) groups excluding carboxylic acids is 2. The summed E-state index contributed by atoms with van der Waals surface area (Å²) in [5.41, 5.74) is 1.64. The number of esters is 1. The fraction of sp³-hybridized carbons (Fsp3) is 0.444. The van der Waals surface area contributed by atoms with Gasteiger partial charge in [-0.1, -0.05) is 6.07 Å². The summed E-state index contributed by atoms with van der Waals surface area (Å²) in [6.45, 7) is 3.32. The van der Waals surface area contributed by atoms with Crippen molar-refractivity contribution in [1.29, 1.82) is 0 Å². The van der Waals surface area contributed by atoms with Gasteiger partial charge in [0.2, 0.25) is 0 Å². The maximum Gasteiger partial charge on any atom is 0.341 e. The zero-order chi connectivity index (χ0) is 17.8. The molecule has 2 N–H and O–H groups in total. The molecular weight excluding hydrogens is 356 g/mol. The number of hydrogen-bond acceptors (Lipinski definition) is 5. The molecule has 2 heterocycles. The first kappa shape index (κ1) is 18.1. The Balaban J connectivity index is 1.67. The fourth-order valence-corrected chi connectivity index (χ4v) is 5.24. The van der Waals surface area contributed by atoms with Crippen LogP contribution in [0.2, 0.25) is 0 Å². The first-order valence-corrected chi connectivity index (χ1v) is 10.2. The molecule has 0 aromatic carbocycles. The summed E-state index contributed by atoms with van der Waals surface area (Å²) in [5, 5.41) is 5.64. The number of hydrogen-bond donors (Lipinski definition) is 2. The normalized spacial score (nSPS) is 14.2. The van der Waals surface area contributed by atoms with Crippen molar-refractivity contribution < 1.29 is 19.2 Å². The largest absolute Gasteiger partial charge is 0.462 e. The topological polar surface area (TPSA) is 59.8 Å². The molecule has 7 heteroatoms. The van der Waals surface area contributed by atoms with Crippen LogP contribution < -0.4 is 10.2 Å². The number of thiophene rings is 2. The van der Waals surface area contributed by atoms with Crippen LogP contribution in [0.25, 0.3) is 0 Å². The number of fused-ring (bicyclic) bond motifs is 1. The van der Waals surface area contributed by atoms with Crippen LogP contribution >= 0.6 is 22.7 Å². The lowest BCUT2D eigenvalue weighted by atomic mass is 10.1. The second-order valence-corrected chi connectivity index (χ2v) is 8.36. The average Bonchev–Trinajstić information content (AvgIpc) is 3.24. The highest BCUT2D eigenvalue weighted by molar-refractivity contribution is 7.17. The first-order chi connectivity index (χ1) is 12.1. The van der Waals surface area contributed by atoms with Gasteiger partial charge in [0, 0.05) is 4.88 Å². The molecule has 1 aliphatic rings. The van der Waals surface area contributed by atoms with E-state index < -0.39 is 0 Å². The Morgan fingerprint density at radius 3 is 2.92 bits per heavy atom. The predicted octanol–water partition coefficient (Wildman–Crippen LogP) is 2.13. The molecule has 2 aromatic rings. The Bertz CT molecular complexity index is 753. The highest BCUT2D eigenvalue weighted by Gasteiger charge is 2.28. The summed E-state index contributed by atoms with van der Waals surface area (Å²) < 4.78 is 5.20. The smallest absolute Gasteiger partial charge is 0.341 e. The van der Waals surface area contributed by atoms with E-state index in [2.05, 4.69) is 11.4 Å². The number of carbonyl (C=O) groups is 2. The fourth-order valence-electron chi connectivity index (χ4n) is 3.13. The summed E-state index contributed by atoms with van der Waals surface area (Å²) in [4.78, 5) is 28.3. The molecule has 0 spiro atoms. The molecule has 1 amide bonds. The van der Waals surface area contributed by atoms with Gasteiger partial charge < -0.3 is 15.0 Å². The van der Waals surface area contributed by atoms with E-state index in [-0.39, 0.29) is 11.9 Å². The molecule has 1 aliphatic carbocycles. The Morgan fingerprint density at radius 2 is 2.20 bits per heavy atom. The second kappa shape index (κ2) is 8.12. The van der Waals surface area contributed by atoms with Gasteiger partial charge in [-0.2, -0.15) is 0 Å². The number of quaternary nitrogens is 1. The SMILES string of the molecule is CCOC(=O)c1c(NC(=O)C[NH+](C)Cc2cccs2)sc2c1CCC2. The minimum absolute atomic E-state index is 0.0699. The minimum atomic E-state index is -0.323. The van der Waals surface area contributed by atoms with Crippen molar-refractivity contribution in [3.05, 3.63) is 38.4 Å². The van der Waals surface area contributed by atoms with Gasteiger partial charge in [-0.05, 0) is 43.2 Å². The summed E-state index contributed by atoms with van der Waals surface area (Å²) in [7, 11) is 2.00. The number of amides is 1. The maximum atomic E-state index is 12.4. The minimum Gasteiger partial charge on any atom is -0.462 e. The van der Waals surface area contributed by atoms with Crippen molar-refractivity contribution in [2.45, 2.75) is 32.7 Å². The van der Waals surface area contributed by atoms with Crippen LogP contribution in [0.4, 0.5) is 5.00 Å². The summed E-state index contributed by atoms with van der Waals surface area (Å²) in [6, 6.07) is 4.10. The van der Waals surface area contributed by atoms with Gasteiger partial charge >= 0.3 is 5.97 Å². The molecule has 3 rings (SSSR count). The van der Waals surface area contributed by atoms with Crippen LogP contribution in [-0.2, 0) is 28.9 Å². The van der Waals surface area contributed by atoms with Gasteiger partial charge in [-0.15, -0.1) is 22.7 Å². The zero-order valence-corrected chi connectivity index (χ0v) is 16.1. The third-order valence-corrected chi connectivity index (χ3v) is 6.26. The molecule has 0 aliphatic heterocycles. The van der Waals surface area contributed by atoms with Crippen molar-refractivity contribution in [2.75, 3.05) is 25.5 Å². The molecule has 0 fully saturated rings. The van der Waals surface area contributed by atoms with E-state index in [1.807, 2.05) is 18.5 Å². The number of anilines is 1. The van der Waals surface area contributed by atoms with Gasteiger partial charge in [0.1, 0.15) is 11.5 Å². The number of aryl methyl sites for hydroxylation is 1. The lowest BCUT2D eigenvalue weighted by Crippen LogP contribution is -3.08. The van der Waals surface area contributed by atoms with E-state index in [4.69, 9.17) is 4.74 Å². The van der Waals surface area contributed by atoms with Crippen LogP contribution in [0.5, 0.6) is 0 Å². The number of likely N-dealkylation sites (N-methyl/N-ethyl adjacent to an activating group) is 1. The molecule has 134 valence electrons. The molecular formula is C18H23N2O3S2+. The van der Waals surface area contributed by atoms with Crippen LogP contribution in [-0.4, -0.2) is 32.1 Å². The molecule has 1 unspecified atom stereocenters. The second-order valence-electron chi connectivity index (χ2n) is 6.22. The number of nitrogens with one attached hydrogen (secondary N) is 2. The Kier molecular flexibility index (Phi) is 5.88. The summed E-state index contributed by atoms with van der Waals surface area (Å²) in [6.07, 6.45) is 2.93. The molecule has 0 radical (unpaired) electrons. The first-order valence-electron chi connectivity index (χ1n) is 8.53. The quantitative estimate of drug-likeness (QED) is 0.725. The van der Waals surface area contributed by atoms with Crippen LogP contribution in [0, 0.1) is 0 Å². The van der Waals surface area contributed by atoms with Crippen LogP contribution in [0.3, 0.4) is 0 Å². The molecule has 5 nitrogen and oxygen atoms in total. The summed E-state index contributed by atoms with van der Waals surface area (Å²) in [5.74, 6) is -0.393. The van der Waals surface area contributed by atoms with E-state index in [0.29, 0.717) is 23.7 Å². The van der Waals surface area contributed by atoms with E-state index >= 15 is 0 Å². The average molecular weight is 380 g/mol. The number of ether oxygens (including phenoxy) is 1. The molecule has 0 saturated heterocycles. The molecule has 0 saturated carbocycles. The highest BCUT2D eigenvalue weighted by atomic mass is 32.1. The Hall–Kier alpha value is -1.70. The molecule has 1 atom stereocenters. The third-order valence-electron chi connectivity index (χ3n) is 4.17. The van der Waals surface area contributed by atoms with Crippen LogP contribution in [0.1, 0.15) is 39.0 Å². The lowest BCUT2D eigenvalue weighted by Gasteiger charge is -2.13. The Labute approximate surface area is 155 Å². The molecule has 0 bridgehead atoms. The molecule has 2 aromatic heterocycles. The van der Waals surface area contributed by atoms with Crippen LogP contribution in [0.15, 0.2) is 17.5 Å². The highest BCUT2D eigenvalue weighted by Crippen LogP contribution is 2.39. The van der Waals surface area contributed by atoms with Gasteiger partial charge in [0.25, 0.3) is 5.91 Å². The van der Waals surface area contributed by atoms with Gasteiger partial charge in [-0.25, -0.2) is 4.79 Å². The monoisotopic (exact) mass is 379 g/mol.